The third kappa shape index (κ3) is 1.83. The lowest BCUT2D eigenvalue weighted by molar-refractivity contribution is -0.119. The zero-order valence-corrected chi connectivity index (χ0v) is 11.4. The SMILES string of the molecule is CCC1NC(=O)CC1(C)c1cccc2ccccc12. The first kappa shape index (κ1) is 12.2. The van der Waals surface area contributed by atoms with Crippen LogP contribution in [0.25, 0.3) is 10.8 Å². The molecule has 1 saturated heterocycles. The first-order chi connectivity index (χ1) is 9.15. The molecule has 0 spiro atoms. The summed E-state index contributed by atoms with van der Waals surface area (Å²) in [4.78, 5) is 11.8. The molecule has 2 aromatic carbocycles. The monoisotopic (exact) mass is 253 g/mol. The Kier molecular flexibility index (Phi) is 2.81. The molecule has 2 aromatic rings. The highest BCUT2D eigenvalue weighted by Crippen LogP contribution is 2.40. The van der Waals surface area contributed by atoms with E-state index in [9.17, 15) is 4.79 Å². The highest BCUT2D eigenvalue weighted by molar-refractivity contribution is 5.89. The Morgan fingerprint density at radius 1 is 1.21 bits per heavy atom. The normalized spacial score (nSPS) is 26.6. The summed E-state index contributed by atoms with van der Waals surface area (Å²) in [5.74, 6) is 0.169. The van der Waals surface area contributed by atoms with Crippen LogP contribution in [-0.2, 0) is 10.2 Å². The summed E-state index contributed by atoms with van der Waals surface area (Å²) in [6.45, 7) is 4.35. The van der Waals surface area contributed by atoms with E-state index >= 15 is 0 Å². The Bertz CT molecular complexity index is 629. The van der Waals surface area contributed by atoms with Crippen LogP contribution < -0.4 is 5.32 Å². The third-order valence-corrected chi connectivity index (χ3v) is 4.45. The summed E-state index contributed by atoms with van der Waals surface area (Å²) < 4.78 is 0. The van der Waals surface area contributed by atoms with Crippen molar-refractivity contribution in [2.75, 3.05) is 0 Å². The van der Waals surface area contributed by atoms with Gasteiger partial charge in [-0.3, -0.25) is 4.79 Å². The number of hydrogen-bond donors (Lipinski definition) is 1. The van der Waals surface area contributed by atoms with Gasteiger partial charge in [0.25, 0.3) is 0 Å². The van der Waals surface area contributed by atoms with Gasteiger partial charge in [0.2, 0.25) is 5.91 Å². The predicted octanol–water partition coefficient (Wildman–Crippen LogP) is 3.40. The lowest BCUT2D eigenvalue weighted by atomic mass is 9.73. The van der Waals surface area contributed by atoms with Crippen molar-refractivity contribution in [3.05, 3.63) is 48.0 Å². The zero-order chi connectivity index (χ0) is 13.5. The lowest BCUT2D eigenvalue weighted by Crippen LogP contribution is -2.37. The number of carbonyl (C=O) groups excluding carboxylic acids is 1. The van der Waals surface area contributed by atoms with Gasteiger partial charge in [-0.15, -0.1) is 0 Å². The average Bonchev–Trinajstić information content (AvgIpc) is 2.73. The molecule has 2 heteroatoms. The molecule has 1 fully saturated rings. The Labute approximate surface area is 113 Å². The summed E-state index contributed by atoms with van der Waals surface area (Å²) in [6, 6.07) is 15.0. The van der Waals surface area contributed by atoms with Crippen LogP contribution in [-0.4, -0.2) is 11.9 Å². The van der Waals surface area contributed by atoms with Gasteiger partial charge in [-0.25, -0.2) is 0 Å². The van der Waals surface area contributed by atoms with E-state index in [4.69, 9.17) is 0 Å². The minimum atomic E-state index is -0.104. The first-order valence-corrected chi connectivity index (χ1v) is 6.93. The fourth-order valence-electron chi connectivity index (χ4n) is 3.42. The van der Waals surface area contributed by atoms with Crippen molar-refractivity contribution < 1.29 is 4.79 Å². The number of rotatable bonds is 2. The molecule has 1 N–H and O–H groups in total. The first-order valence-electron chi connectivity index (χ1n) is 6.93. The van der Waals surface area contributed by atoms with E-state index < -0.39 is 0 Å². The van der Waals surface area contributed by atoms with Gasteiger partial charge in [0.15, 0.2) is 0 Å². The van der Waals surface area contributed by atoms with E-state index in [0.717, 1.165) is 6.42 Å². The molecule has 2 unspecified atom stereocenters. The van der Waals surface area contributed by atoms with Crippen LogP contribution in [0.4, 0.5) is 0 Å². The Morgan fingerprint density at radius 3 is 2.74 bits per heavy atom. The number of amides is 1. The number of benzene rings is 2. The maximum absolute atomic E-state index is 11.8. The molecule has 1 aliphatic rings. The summed E-state index contributed by atoms with van der Waals surface area (Å²) >= 11 is 0. The van der Waals surface area contributed by atoms with Gasteiger partial charge in [0, 0.05) is 17.9 Å². The molecule has 2 atom stereocenters. The van der Waals surface area contributed by atoms with Crippen molar-refractivity contribution in [3.63, 3.8) is 0 Å². The molecule has 0 aromatic heterocycles. The van der Waals surface area contributed by atoms with E-state index in [2.05, 4.69) is 61.6 Å². The maximum Gasteiger partial charge on any atom is 0.221 e. The quantitative estimate of drug-likeness (QED) is 0.873. The fourth-order valence-corrected chi connectivity index (χ4v) is 3.42. The fraction of sp³-hybridized carbons (Fsp3) is 0.353. The van der Waals surface area contributed by atoms with Gasteiger partial charge in [0.05, 0.1) is 0 Å². The molecular weight excluding hydrogens is 234 g/mol. The summed E-state index contributed by atoms with van der Waals surface area (Å²) in [5.41, 5.74) is 1.18. The van der Waals surface area contributed by atoms with Gasteiger partial charge in [-0.1, -0.05) is 56.3 Å². The molecular formula is C17H19NO. The largest absolute Gasteiger partial charge is 0.352 e. The molecule has 1 heterocycles. The molecule has 0 bridgehead atoms. The average molecular weight is 253 g/mol. The van der Waals surface area contributed by atoms with Crippen molar-refractivity contribution in [2.24, 2.45) is 0 Å². The van der Waals surface area contributed by atoms with Gasteiger partial charge in [-0.05, 0) is 22.8 Å². The Morgan fingerprint density at radius 2 is 1.95 bits per heavy atom. The van der Waals surface area contributed by atoms with Gasteiger partial charge >= 0.3 is 0 Å². The van der Waals surface area contributed by atoms with Crippen molar-refractivity contribution >= 4 is 16.7 Å². The highest BCUT2D eigenvalue weighted by Gasteiger charge is 2.43. The van der Waals surface area contributed by atoms with Crippen LogP contribution in [0, 0.1) is 0 Å². The second kappa shape index (κ2) is 4.37. The highest BCUT2D eigenvalue weighted by atomic mass is 16.2. The van der Waals surface area contributed by atoms with Crippen LogP contribution in [0.5, 0.6) is 0 Å². The van der Waals surface area contributed by atoms with Crippen LogP contribution in [0.15, 0.2) is 42.5 Å². The van der Waals surface area contributed by atoms with E-state index in [1.807, 2.05) is 0 Å². The molecule has 1 amide bonds. The van der Waals surface area contributed by atoms with Crippen LogP contribution in [0.1, 0.15) is 32.3 Å². The van der Waals surface area contributed by atoms with Gasteiger partial charge < -0.3 is 5.32 Å². The van der Waals surface area contributed by atoms with Crippen molar-refractivity contribution in [1.29, 1.82) is 0 Å². The second-order valence-electron chi connectivity index (χ2n) is 5.65. The van der Waals surface area contributed by atoms with Crippen LogP contribution in [0.3, 0.4) is 0 Å². The number of fused-ring (bicyclic) bond motifs is 1. The lowest BCUT2D eigenvalue weighted by Gasteiger charge is -2.31. The second-order valence-corrected chi connectivity index (χ2v) is 5.65. The summed E-state index contributed by atoms with van der Waals surface area (Å²) in [6.07, 6.45) is 1.55. The minimum absolute atomic E-state index is 0.104. The summed E-state index contributed by atoms with van der Waals surface area (Å²) in [5, 5.41) is 5.63. The van der Waals surface area contributed by atoms with Crippen LogP contribution >= 0.6 is 0 Å². The third-order valence-electron chi connectivity index (χ3n) is 4.45. The van der Waals surface area contributed by atoms with Gasteiger partial charge in [-0.2, -0.15) is 0 Å². The summed E-state index contributed by atoms with van der Waals surface area (Å²) in [7, 11) is 0. The molecule has 19 heavy (non-hydrogen) atoms. The molecule has 1 aliphatic heterocycles. The Hall–Kier alpha value is -1.83. The van der Waals surface area contributed by atoms with Crippen LogP contribution in [0.2, 0.25) is 0 Å². The number of nitrogens with one attached hydrogen (secondary N) is 1. The minimum Gasteiger partial charge on any atom is -0.352 e. The topological polar surface area (TPSA) is 29.1 Å². The molecule has 0 radical (unpaired) electrons. The molecule has 98 valence electrons. The van der Waals surface area contributed by atoms with E-state index in [-0.39, 0.29) is 17.4 Å². The van der Waals surface area contributed by atoms with E-state index in [1.165, 1.54) is 16.3 Å². The van der Waals surface area contributed by atoms with E-state index in [1.54, 1.807) is 0 Å². The molecule has 0 aliphatic carbocycles. The van der Waals surface area contributed by atoms with Gasteiger partial charge in [0.1, 0.15) is 0 Å². The molecule has 0 saturated carbocycles. The number of carbonyl (C=O) groups is 1. The smallest absolute Gasteiger partial charge is 0.221 e. The predicted molar refractivity (Wildman–Crippen MR) is 78.1 cm³/mol. The van der Waals surface area contributed by atoms with Crippen molar-refractivity contribution in [2.45, 2.75) is 38.1 Å². The number of hydrogen-bond acceptors (Lipinski definition) is 1. The van der Waals surface area contributed by atoms with E-state index in [0.29, 0.717) is 6.42 Å². The van der Waals surface area contributed by atoms with Crippen molar-refractivity contribution in [1.82, 2.24) is 5.32 Å². The standard InChI is InChI=1S/C17H19NO/c1-3-15-17(2,11-16(19)18-15)14-10-6-8-12-7-4-5-9-13(12)14/h4-10,15H,3,11H2,1-2H3,(H,18,19). The van der Waals surface area contributed by atoms with Crippen molar-refractivity contribution in [3.8, 4) is 0 Å². The maximum atomic E-state index is 11.8. The Balaban J connectivity index is 2.21. The molecule has 2 nitrogen and oxygen atoms in total. The zero-order valence-electron chi connectivity index (χ0n) is 11.4. The molecule has 3 rings (SSSR count).